The zero-order valence-corrected chi connectivity index (χ0v) is 13.7. The van der Waals surface area contributed by atoms with Gasteiger partial charge in [0, 0.05) is 4.47 Å². The van der Waals surface area contributed by atoms with Crippen LogP contribution in [0.25, 0.3) is 0 Å². The van der Waals surface area contributed by atoms with Gasteiger partial charge in [-0.2, -0.15) is 0 Å². The first kappa shape index (κ1) is 15.1. The molecular formula is C17H26BrN. The summed E-state index contributed by atoms with van der Waals surface area (Å²) < 4.78 is 1.18. The number of hydrogen-bond donors (Lipinski definition) is 1. The predicted molar refractivity (Wildman–Crippen MR) is 86.4 cm³/mol. The Morgan fingerprint density at radius 1 is 1.16 bits per heavy atom. The normalized spacial score (nSPS) is 17.5. The summed E-state index contributed by atoms with van der Waals surface area (Å²) in [6.45, 7) is 6.88. The van der Waals surface area contributed by atoms with Gasteiger partial charge in [-0.1, -0.05) is 61.2 Å². The van der Waals surface area contributed by atoms with Crippen molar-refractivity contribution in [2.24, 2.45) is 17.8 Å². The van der Waals surface area contributed by atoms with Crippen molar-refractivity contribution in [3.05, 3.63) is 34.3 Å². The van der Waals surface area contributed by atoms with Crippen LogP contribution < -0.4 is 5.32 Å². The molecule has 0 bridgehead atoms. The van der Waals surface area contributed by atoms with E-state index in [4.69, 9.17) is 0 Å². The Bertz CT molecular complexity index is 367. The topological polar surface area (TPSA) is 12.0 Å². The maximum Gasteiger partial charge on any atom is 0.0175 e. The van der Waals surface area contributed by atoms with Gasteiger partial charge in [0.25, 0.3) is 0 Å². The van der Waals surface area contributed by atoms with Crippen LogP contribution in [0.1, 0.15) is 38.7 Å². The van der Waals surface area contributed by atoms with Gasteiger partial charge in [-0.15, -0.1) is 0 Å². The fourth-order valence-corrected chi connectivity index (χ4v) is 3.06. The predicted octanol–water partition coefficient (Wildman–Crippen LogP) is 4.65. The van der Waals surface area contributed by atoms with E-state index < -0.39 is 0 Å². The summed E-state index contributed by atoms with van der Waals surface area (Å²) in [5.41, 5.74) is 1.48. The molecule has 1 aromatic rings. The maximum absolute atomic E-state index is 3.66. The molecule has 1 fully saturated rings. The second kappa shape index (κ2) is 7.44. The zero-order chi connectivity index (χ0) is 13.7. The van der Waals surface area contributed by atoms with E-state index in [-0.39, 0.29) is 0 Å². The number of nitrogens with one attached hydrogen (secondary N) is 1. The smallest absolute Gasteiger partial charge is 0.0175 e. The molecule has 1 atom stereocenters. The molecule has 1 aliphatic carbocycles. The van der Waals surface area contributed by atoms with Crippen molar-refractivity contribution in [3.8, 4) is 0 Å². The lowest BCUT2D eigenvalue weighted by atomic mass is 9.73. The molecule has 2 heteroatoms. The molecule has 19 heavy (non-hydrogen) atoms. The van der Waals surface area contributed by atoms with Crippen molar-refractivity contribution in [2.45, 2.75) is 39.5 Å². The number of halogens is 1. The minimum Gasteiger partial charge on any atom is -0.316 e. The summed E-state index contributed by atoms with van der Waals surface area (Å²) >= 11 is 3.51. The van der Waals surface area contributed by atoms with Crippen molar-refractivity contribution < 1.29 is 0 Å². The highest BCUT2D eigenvalue weighted by Crippen LogP contribution is 2.35. The van der Waals surface area contributed by atoms with Crippen molar-refractivity contribution in [1.29, 1.82) is 0 Å². The Labute approximate surface area is 126 Å². The first-order chi connectivity index (χ1) is 9.15. The number of rotatable bonds is 7. The third-order valence-corrected chi connectivity index (χ3v) is 4.72. The minimum atomic E-state index is 0.745. The summed E-state index contributed by atoms with van der Waals surface area (Å²) in [6.07, 6.45) is 5.53. The third kappa shape index (κ3) is 4.92. The molecule has 1 N–H and O–H groups in total. The van der Waals surface area contributed by atoms with Crippen LogP contribution in [-0.4, -0.2) is 13.1 Å². The monoisotopic (exact) mass is 323 g/mol. The van der Waals surface area contributed by atoms with Crippen LogP contribution in [0.15, 0.2) is 28.7 Å². The van der Waals surface area contributed by atoms with Gasteiger partial charge < -0.3 is 5.32 Å². The SMILES string of the molecule is CC(C)CNCC(Cc1ccc(Br)cc1)C1CCC1. The molecule has 0 amide bonds. The first-order valence-corrected chi connectivity index (χ1v) is 8.39. The molecule has 1 aliphatic rings. The van der Waals surface area contributed by atoms with Crippen molar-refractivity contribution in [3.63, 3.8) is 0 Å². The van der Waals surface area contributed by atoms with E-state index in [1.54, 1.807) is 0 Å². The Morgan fingerprint density at radius 2 is 1.84 bits per heavy atom. The highest BCUT2D eigenvalue weighted by Gasteiger charge is 2.27. The summed E-state index contributed by atoms with van der Waals surface area (Å²) in [4.78, 5) is 0. The van der Waals surface area contributed by atoms with Gasteiger partial charge in [-0.05, 0) is 55.0 Å². The molecule has 1 saturated carbocycles. The van der Waals surface area contributed by atoms with Gasteiger partial charge in [-0.25, -0.2) is 0 Å². The molecule has 0 heterocycles. The van der Waals surface area contributed by atoms with Gasteiger partial charge >= 0.3 is 0 Å². The van der Waals surface area contributed by atoms with Crippen molar-refractivity contribution in [2.75, 3.05) is 13.1 Å². The van der Waals surface area contributed by atoms with Crippen LogP contribution in [0.4, 0.5) is 0 Å². The largest absolute Gasteiger partial charge is 0.316 e. The summed E-state index contributed by atoms with van der Waals surface area (Å²) in [5.74, 6) is 2.51. The Kier molecular flexibility index (Phi) is 5.90. The standard InChI is InChI=1S/C17H26BrN/c1-13(2)11-19-12-16(15-4-3-5-15)10-14-6-8-17(18)9-7-14/h6-9,13,15-16,19H,3-5,10-12H2,1-2H3. The lowest BCUT2D eigenvalue weighted by Gasteiger charge is -2.34. The average Bonchev–Trinajstić information content (AvgIpc) is 2.29. The van der Waals surface area contributed by atoms with E-state index in [2.05, 4.69) is 59.4 Å². The number of hydrogen-bond acceptors (Lipinski definition) is 1. The van der Waals surface area contributed by atoms with Crippen LogP contribution in [-0.2, 0) is 6.42 Å². The molecule has 1 nitrogen and oxygen atoms in total. The molecular weight excluding hydrogens is 298 g/mol. The lowest BCUT2D eigenvalue weighted by Crippen LogP contribution is -2.34. The van der Waals surface area contributed by atoms with Gasteiger partial charge in [0.2, 0.25) is 0 Å². The summed E-state index contributed by atoms with van der Waals surface area (Å²) in [5, 5.41) is 3.66. The molecule has 0 aromatic heterocycles. The van der Waals surface area contributed by atoms with E-state index >= 15 is 0 Å². The Balaban J connectivity index is 1.87. The van der Waals surface area contributed by atoms with E-state index in [0.29, 0.717) is 0 Å². The third-order valence-electron chi connectivity index (χ3n) is 4.19. The summed E-state index contributed by atoms with van der Waals surface area (Å²) in [7, 11) is 0. The first-order valence-electron chi connectivity index (χ1n) is 7.60. The van der Waals surface area contributed by atoms with Crippen molar-refractivity contribution >= 4 is 15.9 Å². The maximum atomic E-state index is 3.66. The molecule has 0 aliphatic heterocycles. The van der Waals surface area contributed by atoms with Crippen LogP contribution in [0.3, 0.4) is 0 Å². The van der Waals surface area contributed by atoms with Crippen LogP contribution in [0, 0.1) is 17.8 Å². The van der Waals surface area contributed by atoms with Gasteiger partial charge in [0.05, 0.1) is 0 Å². The molecule has 2 rings (SSSR count). The average molecular weight is 324 g/mol. The van der Waals surface area contributed by atoms with Crippen LogP contribution in [0.2, 0.25) is 0 Å². The molecule has 106 valence electrons. The number of benzene rings is 1. The van der Waals surface area contributed by atoms with E-state index in [1.165, 1.54) is 42.3 Å². The highest BCUT2D eigenvalue weighted by molar-refractivity contribution is 9.10. The second-order valence-electron chi connectivity index (χ2n) is 6.33. The van der Waals surface area contributed by atoms with E-state index in [1.807, 2.05) is 0 Å². The quantitative estimate of drug-likeness (QED) is 0.769. The van der Waals surface area contributed by atoms with Gasteiger partial charge in [-0.3, -0.25) is 0 Å². The summed E-state index contributed by atoms with van der Waals surface area (Å²) in [6, 6.07) is 8.85. The molecule has 1 aromatic carbocycles. The van der Waals surface area contributed by atoms with Crippen LogP contribution in [0.5, 0.6) is 0 Å². The zero-order valence-electron chi connectivity index (χ0n) is 12.2. The highest BCUT2D eigenvalue weighted by atomic mass is 79.9. The fourth-order valence-electron chi connectivity index (χ4n) is 2.80. The Hall–Kier alpha value is -0.340. The second-order valence-corrected chi connectivity index (χ2v) is 7.25. The molecule has 0 saturated heterocycles. The molecule has 0 spiro atoms. The molecule has 0 radical (unpaired) electrons. The lowest BCUT2D eigenvalue weighted by molar-refractivity contribution is 0.198. The van der Waals surface area contributed by atoms with Crippen LogP contribution >= 0.6 is 15.9 Å². The van der Waals surface area contributed by atoms with Gasteiger partial charge in [0.1, 0.15) is 0 Å². The van der Waals surface area contributed by atoms with E-state index in [0.717, 1.165) is 24.3 Å². The minimum absolute atomic E-state index is 0.745. The molecule has 1 unspecified atom stereocenters. The fraction of sp³-hybridized carbons (Fsp3) is 0.647. The van der Waals surface area contributed by atoms with Crippen molar-refractivity contribution in [1.82, 2.24) is 5.32 Å². The van der Waals surface area contributed by atoms with E-state index in [9.17, 15) is 0 Å². The Morgan fingerprint density at radius 3 is 2.37 bits per heavy atom. The van der Waals surface area contributed by atoms with Gasteiger partial charge in [0.15, 0.2) is 0 Å².